The first-order valence-corrected chi connectivity index (χ1v) is 5.19. The molecule has 18 heavy (non-hydrogen) atoms. The van der Waals surface area contributed by atoms with Gasteiger partial charge in [-0.25, -0.2) is 0 Å². The number of hydrogen-bond donors (Lipinski definition) is 3. The van der Waals surface area contributed by atoms with Crippen LogP contribution in [-0.2, 0) is 37.4 Å². The average molecular weight is 336 g/mol. The van der Waals surface area contributed by atoms with Gasteiger partial charge >= 0.3 is 0 Å². The predicted octanol–water partition coefficient (Wildman–Crippen LogP) is 2.08. The summed E-state index contributed by atoms with van der Waals surface area (Å²) in [7, 11) is 6.00. The van der Waals surface area contributed by atoms with Crippen LogP contribution >= 0.6 is 0 Å². The molecule has 0 spiro atoms. The number of aliphatic hydroxyl groups excluding tert-OH is 1. The Morgan fingerprint density at radius 3 is 1.44 bits per heavy atom. The summed E-state index contributed by atoms with van der Waals surface area (Å²) in [6.07, 6.45) is 8.78. The Morgan fingerprint density at radius 2 is 1.44 bits per heavy atom. The van der Waals surface area contributed by atoms with Crippen LogP contribution in [0, 0.1) is 6.58 Å². The zero-order valence-electron chi connectivity index (χ0n) is 13.0. The van der Waals surface area contributed by atoms with Crippen LogP contribution in [-0.4, -0.2) is 33.4 Å². The molecule has 0 saturated carbocycles. The molecule has 0 aliphatic heterocycles. The Kier molecular flexibility index (Phi) is 181. The van der Waals surface area contributed by atoms with E-state index in [2.05, 4.69) is 15.8 Å². The van der Waals surface area contributed by atoms with Crippen LogP contribution in [0.1, 0.15) is 20.8 Å². The van der Waals surface area contributed by atoms with E-state index in [4.69, 9.17) is 11.7 Å². The fourth-order valence-corrected chi connectivity index (χ4v) is 0.303. The van der Waals surface area contributed by atoms with Crippen molar-refractivity contribution in [3.63, 3.8) is 0 Å². The summed E-state index contributed by atoms with van der Waals surface area (Å²) in [6.45, 7) is 10.4. The predicted molar refractivity (Wildman–Crippen MR) is 78.5 cm³/mol. The average Bonchev–Trinajstić information content (AvgIpc) is 2.38. The molecule has 0 aliphatic carbocycles. The van der Waals surface area contributed by atoms with Crippen molar-refractivity contribution in [3.05, 3.63) is 37.3 Å². The summed E-state index contributed by atoms with van der Waals surface area (Å²) >= 11 is 0. The second-order valence-corrected chi connectivity index (χ2v) is 1.83. The maximum Gasteiger partial charge on any atom is 0.0781 e. The van der Waals surface area contributed by atoms with Crippen LogP contribution < -0.4 is 11.1 Å². The number of allylic oxidation sites excluding steroid dienone is 3. The number of ether oxygens (including phenoxy) is 1. The molecule has 109 valence electrons. The maximum atomic E-state index is 7.00. The Bertz CT molecular complexity index is 118. The van der Waals surface area contributed by atoms with Crippen LogP contribution in [0.3, 0.4) is 0 Å². The van der Waals surface area contributed by atoms with Crippen molar-refractivity contribution in [2.24, 2.45) is 5.73 Å². The molecule has 4 nitrogen and oxygen atoms in total. The van der Waals surface area contributed by atoms with Crippen LogP contribution in [0.25, 0.3) is 0 Å². The molecule has 0 aliphatic rings. The van der Waals surface area contributed by atoms with E-state index in [1.54, 1.807) is 20.3 Å². The third kappa shape index (κ3) is 236. The van der Waals surface area contributed by atoms with E-state index in [0.29, 0.717) is 0 Å². The molecule has 0 fully saturated rings. The molecule has 0 heterocycles. The standard InChI is InChI=1S/C4H9N.C4H8O.C3H5.CH5N.CH4O.Y/c2*1-3-4-5-2;1-3-2;2*1-2;/h3-5H,1-2H3;3-4H,1-2H3;1,3H,2H3;2H2,1H3;2H,1H3;/q;;-1;;;. The van der Waals surface area contributed by atoms with E-state index >= 15 is 0 Å². The van der Waals surface area contributed by atoms with Gasteiger partial charge in [-0.3, -0.25) is 6.08 Å². The van der Waals surface area contributed by atoms with E-state index < -0.39 is 0 Å². The van der Waals surface area contributed by atoms with Crippen molar-refractivity contribution in [1.29, 1.82) is 0 Å². The number of aliphatic hydroxyl groups is 1. The maximum absolute atomic E-state index is 7.00. The Labute approximate surface area is 139 Å². The molecule has 0 bridgehead atoms. The summed E-state index contributed by atoms with van der Waals surface area (Å²) in [4.78, 5) is 0. The minimum absolute atomic E-state index is 0. The van der Waals surface area contributed by atoms with Gasteiger partial charge in [-0.15, -0.1) is 0 Å². The molecule has 0 unspecified atom stereocenters. The number of rotatable bonds is 2. The van der Waals surface area contributed by atoms with Gasteiger partial charge in [-0.05, 0) is 27.1 Å². The van der Waals surface area contributed by atoms with Gasteiger partial charge in [-0.1, -0.05) is 19.1 Å². The molecule has 0 aromatic carbocycles. The van der Waals surface area contributed by atoms with E-state index in [1.165, 1.54) is 13.1 Å². The van der Waals surface area contributed by atoms with Gasteiger partial charge in [0.25, 0.3) is 0 Å². The monoisotopic (exact) mass is 336 g/mol. The smallest absolute Gasteiger partial charge is 0.0781 e. The van der Waals surface area contributed by atoms with E-state index in [0.717, 1.165) is 7.11 Å². The molecule has 5 heteroatoms. The van der Waals surface area contributed by atoms with Crippen molar-refractivity contribution < 1.29 is 42.6 Å². The van der Waals surface area contributed by atoms with Gasteiger partial charge in [0.15, 0.2) is 0 Å². The molecular formula is C13H31N2O2Y-. The summed E-state index contributed by atoms with van der Waals surface area (Å²) in [6, 6.07) is 0. The van der Waals surface area contributed by atoms with Gasteiger partial charge in [0.2, 0.25) is 0 Å². The molecule has 1 radical (unpaired) electrons. The van der Waals surface area contributed by atoms with Gasteiger partial charge in [0, 0.05) is 46.9 Å². The molecule has 0 atom stereocenters. The molecule has 0 aromatic heterocycles. The minimum Gasteiger partial charge on any atom is -0.518 e. The van der Waals surface area contributed by atoms with Crippen LogP contribution in [0.5, 0.6) is 0 Å². The van der Waals surface area contributed by atoms with Crippen molar-refractivity contribution >= 4 is 0 Å². The fourth-order valence-electron chi connectivity index (χ4n) is 0.303. The topological polar surface area (TPSA) is 67.5 Å². The SMILES string of the molecule is CC=CNC.CC=COC.CN.CO.[CH-]=CC.[Y]. The Balaban J connectivity index is -0.0000000262. The quantitative estimate of drug-likeness (QED) is 0.534. The summed E-state index contributed by atoms with van der Waals surface area (Å²) in [5, 5.41) is 9.84. The fraction of sp³-hybridized carbons (Fsp3) is 0.538. The number of hydrogen-bond acceptors (Lipinski definition) is 4. The van der Waals surface area contributed by atoms with Crippen LogP contribution in [0.15, 0.2) is 30.7 Å². The summed E-state index contributed by atoms with van der Waals surface area (Å²) in [5.74, 6) is 0. The van der Waals surface area contributed by atoms with Crippen molar-refractivity contribution in [2.45, 2.75) is 20.8 Å². The number of nitrogens with two attached hydrogens (primary N) is 1. The molecule has 4 N–H and O–H groups in total. The third-order valence-corrected chi connectivity index (χ3v) is 0.605. The Morgan fingerprint density at radius 1 is 1.11 bits per heavy atom. The third-order valence-electron chi connectivity index (χ3n) is 0.605. The van der Waals surface area contributed by atoms with Gasteiger partial charge in [0.1, 0.15) is 0 Å². The Hall–Kier alpha value is -0.156. The van der Waals surface area contributed by atoms with Crippen molar-refractivity contribution in [1.82, 2.24) is 5.32 Å². The second-order valence-electron chi connectivity index (χ2n) is 1.83. The first kappa shape index (κ1) is 36.1. The first-order chi connectivity index (χ1) is 8.24. The zero-order valence-corrected chi connectivity index (χ0v) is 15.8. The van der Waals surface area contributed by atoms with Crippen LogP contribution in [0.4, 0.5) is 0 Å². The molecule has 0 saturated heterocycles. The molecule has 0 rings (SSSR count). The summed E-state index contributed by atoms with van der Waals surface area (Å²) < 4.78 is 4.51. The van der Waals surface area contributed by atoms with Gasteiger partial charge in [0.05, 0.1) is 13.4 Å². The molecule has 0 amide bonds. The van der Waals surface area contributed by atoms with E-state index in [9.17, 15) is 0 Å². The van der Waals surface area contributed by atoms with Crippen molar-refractivity contribution in [3.8, 4) is 0 Å². The van der Waals surface area contributed by atoms with E-state index in [-0.39, 0.29) is 32.7 Å². The first-order valence-electron chi connectivity index (χ1n) is 5.19. The summed E-state index contributed by atoms with van der Waals surface area (Å²) in [5.41, 5.74) is 4.50. The van der Waals surface area contributed by atoms with Gasteiger partial charge in [-0.2, -0.15) is 0 Å². The minimum atomic E-state index is 0. The zero-order chi connectivity index (χ0) is 14.9. The van der Waals surface area contributed by atoms with E-state index in [1.807, 2.05) is 39.2 Å². The number of methoxy groups -OCH3 is 1. The number of nitrogens with one attached hydrogen (secondary N) is 1. The normalized spacial score (nSPS) is 6.50. The van der Waals surface area contributed by atoms with Gasteiger partial charge < -0.3 is 27.5 Å². The molecular weight excluding hydrogens is 305 g/mol. The largest absolute Gasteiger partial charge is 0.518 e. The van der Waals surface area contributed by atoms with Crippen LogP contribution in [0.2, 0.25) is 0 Å². The van der Waals surface area contributed by atoms with Crippen molar-refractivity contribution in [2.75, 3.05) is 28.3 Å². The molecule has 0 aromatic rings. The second kappa shape index (κ2) is 90.3.